The van der Waals surface area contributed by atoms with E-state index in [9.17, 15) is 19.2 Å². The molecule has 2 aromatic carbocycles. The first-order valence-electron chi connectivity index (χ1n) is 9.41. The Bertz CT molecular complexity index is 1200. The van der Waals surface area contributed by atoms with Crippen molar-refractivity contribution in [3.63, 3.8) is 0 Å². The number of amides is 3. The molecule has 3 amide bonds. The van der Waals surface area contributed by atoms with Crippen LogP contribution < -0.4 is 9.80 Å². The molecule has 3 aromatic rings. The fraction of sp³-hybridized carbons (Fsp3) is 0.130. The molecule has 0 spiro atoms. The van der Waals surface area contributed by atoms with Crippen LogP contribution in [-0.4, -0.2) is 37.8 Å². The maximum atomic E-state index is 13.2. The molecule has 0 saturated heterocycles. The average molecular weight is 434 g/mol. The fourth-order valence-electron chi connectivity index (χ4n) is 3.47. The molecule has 31 heavy (non-hydrogen) atoms. The summed E-state index contributed by atoms with van der Waals surface area (Å²) in [6.45, 7) is 0. The Morgan fingerprint density at radius 2 is 1.81 bits per heavy atom. The number of benzene rings is 2. The van der Waals surface area contributed by atoms with Gasteiger partial charge in [-0.15, -0.1) is 11.3 Å². The summed E-state index contributed by atoms with van der Waals surface area (Å²) >= 11 is 1.18. The largest absolute Gasteiger partial charge is 0.465 e. The molecule has 0 bridgehead atoms. The highest BCUT2D eigenvalue weighted by Crippen LogP contribution is 2.33. The predicted octanol–water partition coefficient (Wildman–Crippen LogP) is 3.54. The molecule has 0 radical (unpaired) electrons. The van der Waals surface area contributed by atoms with E-state index in [-0.39, 0.29) is 29.1 Å². The van der Waals surface area contributed by atoms with Crippen LogP contribution in [0, 0.1) is 0 Å². The van der Waals surface area contributed by atoms with Gasteiger partial charge in [0.05, 0.1) is 30.3 Å². The van der Waals surface area contributed by atoms with Gasteiger partial charge in [0.1, 0.15) is 0 Å². The summed E-state index contributed by atoms with van der Waals surface area (Å²) in [5.74, 6) is -1.93. The molecule has 0 N–H and O–H groups in total. The number of imide groups is 1. The van der Waals surface area contributed by atoms with E-state index in [1.807, 2.05) is 30.3 Å². The monoisotopic (exact) mass is 434 g/mol. The van der Waals surface area contributed by atoms with Crippen LogP contribution in [0.15, 0.2) is 60.0 Å². The highest BCUT2D eigenvalue weighted by Gasteiger charge is 2.37. The number of para-hydroxylation sites is 1. The molecule has 8 heteroatoms. The minimum Gasteiger partial charge on any atom is -0.465 e. The van der Waals surface area contributed by atoms with Crippen LogP contribution in [0.2, 0.25) is 0 Å². The van der Waals surface area contributed by atoms with E-state index in [2.05, 4.69) is 0 Å². The van der Waals surface area contributed by atoms with Gasteiger partial charge in [0.2, 0.25) is 5.91 Å². The molecule has 0 atom stereocenters. The number of hydrogen-bond acceptors (Lipinski definition) is 6. The first kappa shape index (κ1) is 20.5. The maximum Gasteiger partial charge on any atom is 0.339 e. The molecule has 2 heterocycles. The number of anilines is 2. The molecule has 0 unspecified atom stereocenters. The van der Waals surface area contributed by atoms with Crippen LogP contribution in [0.25, 0.3) is 0 Å². The zero-order valence-corrected chi connectivity index (χ0v) is 17.6. The van der Waals surface area contributed by atoms with E-state index >= 15 is 0 Å². The number of rotatable bonds is 4. The predicted molar refractivity (Wildman–Crippen MR) is 117 cm³/mol. The second-order valence-corrected chi connectivity index (χ2v) is 7.86. The molecule has 4 rings (SSSR count). The molecule has 1 aliphatic rings. The van der Waals surface area contributed by atoms with Gasteiger partial charge in [-0.25, -0.2) is 9.69 Å². The zero-order chi connectivity index (χ0) is 22.1. The smallest absolute Gasteiger partial charge is 0.339 e. The van der Waals surface area contributed by atoms with Crippen LogP contribution in [0.5, 0.6) is 0 Å². The van der Waals surface area contributed by atoms with Crippen molar-refractivity contribution in [2.75, 3.05) is 24.0 Å². The summed E-state index contributed by atoms with van der Waals surface area (Å²) in [4.78, 5) is 54.0. The molecular weight excluding hydrogens is 416 g/mol. The van der Waals surface area contributed by atoms with E-state index in [0.29, 0.717) is 16.1 Å². The number of methoxy groups -OCH3 is 1. The molecule has 1 aliphatic heterocycles. The van der Waals surface area contributed by atoms with Crippen molar-refractivity contribution in [2.24, 2.45) is 0 Å². The van der Waals surface area contributed by atoms with Gasteiger partial charge in [-0.05, 0) is 30.3 Å². The number of carbonyl (C=O) groups excluding carboxylic acids is 4. The van der Waals surface area contributed by atoms with Gasteiger partial charge < -0.3 is 9.64 Å². The van der Waals surface area contributed by atoms with Crippen molar-refractivity contribution >= 4 is 46.4 Å². The van der Waals surface area contributed by atoms with Gasteiger partial charge in [0.25, 0.3) is 11.8 Å². The summed E-state index contributed by atoms with van der Waals surface area (Å²) in [6.07, 6.45) is -0.00910. The molecule has 0 aliphatic carbocycles. The van der Waals surface area contributed by atoms with Crippen molar-refractivity contribution in [1.29, 1.82) is 0 Å². The number of ether oxygens (including phenoxy) is 1. The van der Waals surface area contributed by atoms with E-state index < -0.39 is 17.8 Å². The Labute approximate surface area is 182 Å². The van der Waals surface area contributed by atoms with Gasteiger partial charge in [0.15, 0.2) is 0 Å². The second kappa shape index (κ2) is 8.16. The molecule has 0 fully saturated rings. The molecule has 7 nitrogen and oxygen atoms in total. The number of carbonyl (C=O) groups is 4. The Balaban J connectivity index is 1.69. The highest BCUT2D eigenvalue weighted by molar-refractivity contribution is 7.11. The van der Waals surface area contributed by atoms with Crippen molar-refractivity contribution in [3.05, 3.63) is 81.5 Å². The quantitative estimate of drug-likeness (QED) is 0.463. The lowest BCUT2D eigenvalue weighted by atomic mass is 10.0. The number of hydrogen-bond donors (Lipinski definition) is 0. The van der Waals surface area contributed by atoms with E-state index in [0.717, 1.165) is 4.90 Å². The Kier molecular flexibility index (Phi) is 5.39. The van der Waals surface area contributed by atoms with Crippen LogP contribution in [0.1, 0.15) is 36.0 Å². The molecule has 1 aromatic heterocycles. The van der Waals surface area contributed by atoms with Crippen molar-refractivity contribution < 1.29 is 23.9 Å². The van der Waals surface area contributed by atoms with Gasteiger partial charge in [-0.1, -0.05) is 24.3 Å². The normalized spacial score (nSPS) is 13.0. The lowest BCUT2D eigenvalue weighted by molar-refractivity contribution is -0.117. The minimum absolute atomic E-state index is 0.00910. The number of thiophene rings is 1. The Morgan fingerprint density at radius 3 is 2.52 bits per heavy atom. The van der Waals surface area contributed by atoms with Crippen molar-refractivity contribution in [3.8, 4) is 0 Å². The lowest BCUT2D eigenvalue weighted by Crippen LogP contribution is -2.42. The summed E-state index contributed by atoms with van der Waals surface area (Å²) in [5, 5.41) is 1.53. The van der Waals surface area contributed by atoms with Crippen molar-refractivity contribution in [1.82, 2.24) is 0 Å². The first-order chi connectivity index (χ1) is 14.9. The van der Waals surface area contributed by atoms with E-state index in [1.165, 1.54) is 34.8 Å². The van der Waals surface area contributed by atoms with Crippen LogP contribution in [0.3, 0.4) is 0 Å². The van der Waals surface area contributed by atoms with Crippen LogP contribution >= 0.6 is 11.3 Å². The minimum atomic E-state index is -0.631. The average Bonchev–Trinajstić information content (AvgIpc) is 3.22. The Hall–Kier alpha value is -3.78. The molecular formula is C23H18N2O5S. The van der Waals surface area contributed by atoms with Crippen LogP contribution in [0.4, 0.5) is 11.4 Å². The third-order valence-electron chi connectivity index (χ3n) is 5.05. The maximum absolute atomic E-state index is 13.2. The third kappa shape index (κ3) is 3.62. The summed E-state index contributed by atoms with van der Waals surface area (Å²) < 4.78 is 4.76. The van der Waals surface area contributed by atoms with Crippen molar-refractivity contribution in [2.45, 2.75) is 6.42 Å². The van der Waals surface area contributed by atoms with E-state index in [4.69, 9.17) is 4.74 Å². The lowest BCUT2D eigenvalue weighted by Gasteiger charge is -2.26. The van der Waals surface area contributed by atoms with Gasteiger partial charge >= 0.3 is 5.97 Å². The number of fused-ring (bicyclic) bond motifs is 1. The standard InChI is InChI=1S/C23H18N2O5S/c1-24(15-8-4-3-5-9-15)21(27)14-7-6-10-16(11-14)25-19(26)12-18-20(22(25)28)17(13-31-18)23(29)30-2/h3-11,13H,12H2,1-2H3. The fourth-order valence-corrected chi connectivity index (χ4v) is 4.46. The topological polar surface area (TPSA) is 84.0 Å². The SMILES string of the molecule is COC(=O)c1csc2c1C(=O)N(c1cccc(C(=O)N(C)c3ccccc3)c1)C(=O)C2. The summed E-state index contributed by atoms with van der Waals surface area (Å²) in [7, 11) is 2.89. The first-order valence-corrected chi connectivity index (χ1v) is 10.3. The zero-order valence-electron chi connectivity index (χ0n) is 16.8. The number of esters is 1. The molecule has 156 valence electrons. The Morgan fingerprint density at radius 1 is 1.06 bits per heavy atom. The summed E-state index contributed by atoms with van der Waals surface area (Å²) in [5.41, 5.74) is 1.63. The molecule has 0 saturated carbocycles. The van der Waals surface area contributed by atoms with Crippen LogP contribution in [-0.2, 0) is 16.0 Å². The third-order valence-corrected chi connectivity index (χ3v) is 6.04. The van der Waals surface area contributed by atoms with Gasteiger partial charge in [-0.3, -0.25) is 14.4 Å². The highest BCUT2D eigenvalue weighted by atomic mass is 32.1. The second-order valence-electron chi connectivity index (χ2n) is 6.90. The van der Waals surface area contributed by atoms with E-state index in [1.54, 1.807) is 25.2 Å². The van der Waals surface area contributed by atoms with Gasteiger partial charge in [-0.2, -0.15) is 0 Å². The van der Waals surface area contributed by atoms with Gasteiger partial charge in [0, 0.05) is 28.6 Å². The summed E-state index contributed by atoms with van der Waals surface area (Å²) in [6, 6.07) is 15.5. The number of nitrogens with zero attached hydrogens (tertiary/aromatic N) is 2.